The second-order valence-electron chi connectivity index (χ2n) is 3.47. The van der Waals surface area contributed by atoms with Crippen LogP contribution < -0.4 is 14.8 Å². The van der Waals surface area contributed by atoms with Crippen molar-refractivity contribution in [1.82, 2.24) is 15.3 Å². The number of aromatic nitrogens is 2. The van der Waals surface area contributed by atoms with E-state index >= 15 is 0 Å². The van der Waals surface area contributed by atoms with E-state index in [0.717, 1.165) is 25.9 Å². The van der Waals surface area contributed by atoms with Gasteiger partial charge in [0.1, 0.15) is 6.10 Å². The fourth-order valence-electron chi connectivity index (χ4n) is 1.57. The fourth-order valence-corrected chi connectivity index (χ4v) is 1.57. The fraction of sp³-hybridized carbons (Fsp3) is 0.600. The summed E-state index contributed by atoms with van der Waals surface area (Å²) in [5.41, 5.74) is 0. The zero-order valence-corrected chi connectivity index (χ0v) is 8.77. The van der Waals surface area contributed by atoms with E-state index in [9.17, 15) is 0 Å². The molecule has 1 aliphatic rings. The first-order valence-electron chi connectivity index (χ1n) is 5.13. The van der Waals surface area contributed by atoms with Gasteiger partial charge in [-0.15, -0.1) is 0 Å². The number of methoxy groups -OCH3 is 1. The van der Waals surface area contributed by atoms with E-state index < -0.39 is 0 Å². The molecular formula is C10H15N3O2. The highest BCUT2D eigenvalue weighted by Crippen LogP contribution is 2.13. The highest BCUT2D eigenvalue weighted by molar-refractivity contribution is 5.11. The number of hydrogen-bond donors (Lipinski definition) is 1. The van der Waals surface area contributed by atoms with Gasteiger partial charge in [-0.25, -0.2) is 4.98 Å². The highest BCUT2D eigenvalue weighted by atomic mass is 16.5. The molecule has 5 nitrogen and oxygen atoms in total. The van der Waals surface area contributed by atoms with Crippen molar-refractivity contribution in [2.75, 3.05) is 20.2 Å². The van der Waals surface area contributed by atoms with Crippen molar-refractivity contribution in [2.24, 2.45) is 0 Å². The molecule has 0 spiro atoms. The molecule has 0 amide bonds. The Bertz CT molecular complexity index is 313. The molecule has 15 heavy (non-hydrogen) atoms. The second-order valence-corrected chi connectivity index (χ2v) is 3.47. The molecule has 0 aliphatic carbocycles. The minimum Gasteiger partial charge on any atom is -0.481 e. The van der Waals surface area contributed by atoms with E-state index in [2.05, 4.69) is 15.3 Å². The smallest absolute Gasteiger partial charge is 0.319 e. The predicted molar refractivity (Wildman–Crippen MR) is 55.1 cm³/mol. The summed E-state index contributed by atoms with van der Waals surface area (Å²) in [6.45, 7) is 1.93. The monoisotopic (exact) mass is 209 g/mol. The summed E-state index contributed by atoms with van der Waals surface area (Å²) in [5, 5.41) is 3.27. The normalized spacial score (nSPS) is 21.0. The molecule has 2 rings (SSSR count). The summed E-state index contributed by atoms with van der Waals surface area (Å²) in [5.74, 6) is 0.531. The Morgan fingerprint density at radius 1 is 1.53 bits per heavy atom. The second kappa shape index (κ2) is 4.93. The van der Waals surface area contributed by atoms with Gasteiger partial charge in [-0.05, 0) is 19.4 Å². The summed E-state index contributed by atoms with van der Waals surface area (Å²) in [6.07, 6.45) is 3.99. The molecule has 1 N–H and O–H groups in total. The maximum Gasteiger partial charge on any atom is 0.319 e. The average molecular weight is 209 g/mol. The lowest BCUT2D eigenvalue weighted by Gasteiger charge is -2.22. The molecule has 1 fully saturated rings. The summed E-state index contributed by atoms with van der Waals surface area (Å²) in [4.78, 5) is 8.14. The van der Waals surface area contributed by atoms with Gasteiger partial charge < -0.3 is 14.8 Å². The van der Waals surface area contributed by atoms with Gasteiger partial charge in [0.05, 0.1) is 7.11 Å². The maximum absolute atomic E-state index is 5.63. The maximum atomic E-state index is 5.63. The van der Waals surface area contributed by atoms with Crippen LogP contribution in [0.5, 0.6) is 11.9 Å². The van der Waals surface area contributed by atoms with Crippen LogP contribution >= 0.6 is 0 Å². The zero-order valence-electron chi connectivity index (χ0n) is 8.77. The molecular weight excluding hydrogens is 194 g/mol. The Hall–Kier alpha value is -1.36. The quantitative estimate of drug-likeness (QED) is 0.790. The van der Waals surface area contributed by atoms with Crippen LogP contribution in [0.3, 0.4) is 0 Å². The molecule has 0 radical (unpaired) electrons. The average Bonchev–Trinajstić information content (AvgIpc) is 2.31. The van der Waals surface area contributed by atoms with Gasteiger partial charge in [0, 0.05) is 18.8 Å². The summed E-state index contributed by atoms with van der Waals surface area (Å²) in [7, 11) is 1.58. The van der Waals surface area contributed by atoms with E-state index in [0.29, 0.717) is 11.9 Å². The largest absolute Gasteiger partial charge is 0.481 e. The van der Waals surface area contributed by atoms with E-state index in [4.69, 9.17) is 9.47 Å². The molecule has 0 saturated carbocycles. The molecule has 2 heterocycles. The van der Waals surface area contributed by atoms with Gasteiger partial charge >= 0.3 is 6.01 Å². The first kappa shape index (κ1) is 10.2. The first-order chi connectivity index (χ1) is 7.38. The molecule has 0 aromatic carbocycles. The molecule has 1 aromatic rings. The number of nitrogens with zero attached hydrogens (tertiary/aromatic N) is 2. The van der Waals surface area contributed by atoms with E-state index in [1.54, 1.807) is 19.4 Å². The molecule has 1 atom stereocenters. The van der Waals surface area contributed by atoms with E-state index in [1.165, 1.54) is 0 Å². The van der Waals surface area contributed by atoms with Gasteiger partial charge in [0.2, 0.25) is 5.88 Å². The minimum absolute atomic E-state index is 0.172. The van der Waals surface area contributed by atoms with Crippen LogP contribution in [0.25, 0.3) is 0 Å². The SMILES string of the molecule is COc1ccnc(O[C@@H]2CCCNC2)n1. The molecule has 1 saturated heterocycles. The lowest BCUT2D eigenvalue weighted by atomic mass is 10.1. The van der Waals surface area contributed by atoms with Crippen molar-refractivity contribution < 1.29 is 9.47 Å². The van der Waals surface area contributed by atoms with Gasteiger partial charge in [-0.3, -0.25) is 0 Å². The Kier molecular flexibility index (Phi) is 3.34. The van der Waals surface area contributed by atoms with Crippen LogP contribution in [0.15, 0.2) is 12.3 Å². The van der Waals surface area contributed by atoms with Crippen LogP contribution in [0.4, 0.5) is 0 Å². The third-order valence-electron chi connectivity index (χ3n) is 2.34. The van der Waals surface area contributed by atoms with Crippen LogP contribution in [-0.2, 0) is 0 Å². The minimum atomic E-state index is 0.172. The predicted octanol–water partition coefficient (Wildman–Crippen LogP) is 0.616. The highest BCUT2D eigenvalue weighted by Gasteiger charge is 2.15. The molecule has 1 aromatic heterocycles. The van der Waals surface area contributed by atoms with Crippen LogP contribution in [-0.4, -0.2) is 36.3 Å². The van der Waals surface area contributed by atoms with Crippen molar-refractivity contribution in [3.63, 3.8) is 0 Å². The Morgan fingerprint density at radius 2 is 2.47 bits per heavy atom. The van der Waals surface area contributed by atoms with Gasteiger partial charge in [-0.1, -0.05) is 0 Å². The topological polar surface area (TPSA) is 56.3 Å². The number of piperidine rings is 1. The Labute approximate surface area is 88.8 Å². The van der Waals surface area contributed by atoms with Gasteiger partial charge in [-0.2, -0.15) is 4.98 Å². The lowest BCUT2D eigenvalue weighted by Crippen LogP contribution is -2.37. The first-order valence-corrected chi connectivity index (χ1v) is 5.13. The van der Waals surface area contributed by atoms with Crippen molar-refractivity contribution in [3.8, 4) is 11.9 Å². The van der Waals surface area contributed by atoms with E-state index in [-0.39, 0.29) is 6.10 Å². The number of nitrogens with one attached hydrogen (secondary N) is 1. The molecule has 82 valence electrons. The number of rotatable bonds is 3. The summed E-state index contributed by atoms with van der Waals surface area (Å²) >= 11 is 0. The molecule has 1 aliphatic heterocycles. The third kappa shape index (κ3) is 2.79. The van der Waals surface area contributed by atoms with Gasteiger partial charge in [0.15, 0.2) is 0 Å². The molecule has 0 bridgehead atoms. The number of hydrogen-bond acceptors (Lipinski definition) is 5. The summed E-state index contributed by atoms with van der Waals surface area (Å²) < 4.78 is 10.6. The third-order valence-corrected chi connectivity index (χ3v) is 2.34. The standard InChI is InChI=1S/C10H15N3O2/c1-14-9-4-6-12-10(13-9)15-8-3-2-5-11-7-8/h4,6,8,11H,2-3,5,7H2,1H3/t8-/m1/s1. The Morgan fingerprint density at radius 3 is 3.20 bits per heavy atom. The molecule has 0 unspecified atom stereocenters. The van der Waals surface area contributed by atoms with Crippen LogP contribution in [0, 0.1) is 0 Å². The lowest BCUT2D eigenvalue weighted by molar-refractivity contribution is 0.152. The van der Waals surface area contributed by atoms with Crippen molar-refractivity contribution in [1.29, 1.82) is 0 Å². The van der Waals surface area contributed by atoms with E-state index in [1.807, 2.05) is 0 Å². The van der Waals surface area contributed by atoms with Crippen LogP contribution in [0.1, 0.15) is 12.8 Å². The van der Waals surface area contributed by atoms with Crippen molar-refractivity contribution in [3.05, 3.63) is 12.3 Å². The number of ether oxygens (including phenoxy) is 2. The zero-order chi connectivity index (χ0) is 10.5. The summed E-state index contributed by atoms with van der Waals surface area (Å²) in [6, 6.07) is 2.09. The van der Waals surface area contributed by atoms with Crippen molar-refractivity contribution >= 4 is 0 Å². The van der Waals surface area contributed by atoms with Crippen molar-refractivity contribution in [2.45, 2.75) is 18.9 Å². The molecule has 5 heteroatoms. The van der Waals surface area contributed by atoms with Crippen LogP contribution in [0.2, 0.25) is 0 Å². The Balaban J connectivity index is 1.96. The van der Waals surface area contributed by atoms with Gasteiger partial charge in [0.25, 0.3) is 0 Å².